The van der Waals surface area contributed by atoms with Gasteiger partial charge in [-0.2, -0.15) is 5.10 Å². The highest BCUT2D eigenvalue weighted by Gasteiger charge is 2.63. The molecule has 0 unspecified atom stereocenters. The zero-order valence-corrected chi connectivity index (χ0v) is 21.5. The van der Waals surface area contributed by atoms with Crippen molar-refractivity contribution < 1.29 is 9.53 Å². The van der Waals surface area contributed by atoms with Crippen LogP contribution in [-0.2, 0) is 9.53 Å². The van der Waals surface area contributed by atoms with E-state index in [4.69, 9.17) is 9.84 Å². The first-order valence-corrected chi connectivity index (χ1v) is 13.5. The predicted molar refractivity (Wildman–Crippen MR) is 137 cm³/mol. The van der Waals surface area contributed by atoms with Crippen LogP contribution in [0.25, 0.3) is 0 Å². The lowest BCUT2D eigenvalue weighted by atomic mass is 9.47. The minimum absolute atomic E-state index is 0.0794. The zero-order valence-electron chi connectivity index (χ0n) is 21.5. The Morgan fingerprint density at radius 1 is 1.12 bits per heavy atom. The fourth-order valence-corrected chi connectivity index (χ4v) is 9.21. The van der Waals surface area contributed by atoms with Gasteiger partial charge in [0.05, 0.1) is 11.7 Å². The van der Waals surface area contributed by atoms with Gasteiger partial charge in [0.25, 0.3) is 0 Å². The van der Waals surface area contributed by atoms with Gasteiger partial charge in [-0.15, -0.1) is 0 Å². The number of allylic oxidation sites excluding steroid dienone is 1. The summed E-state index contributed by atoms with van der Waals surface area (Å²) in [6, 6.07) is 9.12. The van der Waals surface area contributed by atoms with Crippen molar-refractivity contribution in [2.45, 2.75) is 91.7 Å². The van der Waals surface area contributed by atoms with E-state index in [9.17, 15) is 4.79 Å². The van der Waals surface area contributed by atoms with Crippen LogP contribution in [0.15, 0.2) is 41.0 Å². The summed E-state index contributed by atoms with van der Waals surface area (Å²) in [4.78, 5) is 11.5. The third kappa shape index (κ3) is 3.09. The maximum Gasteiger partial charge on any atom is 0.302 e. The molecule has 0 aromatic heterocycles. The summed E-state index contributed by atoms with van der Waals surface area (Å²) in [6.07, 6.45) is 10.7. The maximum absolute atomic E-state index is 11.5. The number of fused-ring (bicyclic) bond motifs is 7. The molecule has 1 aliphatic heterocycles. The Bertz CT molecular complexity index is 1080. The number of nitrogens with zero attached hydrogens (tertiary/aromatic N) is 2. The van der Waals surface area contributed by atoms with Gasteiger partial charge in [0.2, 0.25) is 0 Å². The van der Waals surface area contributed by atoms with Crippen molar-refractivity contribution in [2.75, 3.05) is 5.01 Å². The van der Waals surface area contributed by atoms with Crippen LogP contribution in [0.4, 0.5) is 5.69 Å². The van der Waals surface area contributed by atoms with Crippen LogP contribution < -0.4 is 5.01 Å². The first kappa shape index (κ1) is 22.4. The molecule has 1 aromatic carbocycles. The molecule has 4 aliphatic carbocycles. The fraction of sp³-hybridized carbons (Fsp3) is 0.667. The van der Waals surface area contributed by atoms with Gasteiger partial charge in [0.15, 0.2) is 0 Å². The van der Waals surface area contributed by atoms with Gasteiger partial charge < -0.3 is 4.74 Å². The highest BCUT2D eigenvalue weighted by molar-refractivity contribution is 5.94. The molecule has 0 N–H and O–H groups in total. The number of anilines is 1. The lowest BCUT2D eigenvalue weighted by molar-refractivity contribution is -0.148. The molecule has 5 aliphatic rings. The largest absolute Gasteiger partial charge is 0.462 e. The number of para-hydroxylation sites is 1. The molecule has 0 amide bonds. The van der Waals surface area contributed by atoms with Crippen molar-refractivity contribution in [1.82, 2.24) is 0 Å². The van der Waals surface area contributed by atoms with Crippen molar-refractivity contribution in [2.24, 2.45) is 39.6 Å². The molecule has 34 heavy (non-hydrogen) atoms. The Morgan fingerprint density at radius 3 is 2.68 bits per heavy atom. The minimum Gasteiger partial charge on any atom is -0.462 e. The van der Waals surface area contributed by atoms with Crippen molar-refractivity contribution in [3.8, 4) is 0 Å². The summed E-state index contributed by atoms with van der Waals surface area (Å²) in [5.41, 5.74) is 6.23. The number of ether oxygens (including phenoxy) is 1. The molecule has 1 heterocycles. The molecule has 0 spiro atoms. The van der Waals surface area contributed by atoms with E-state index in [1.54, 1.807) is 12.5 Å². The monoisotopic (exact) mass is 460 g/mol. The van der Waals surface area contributed by atoms with Crippen LogP contribution in [0.3, 0.4) is 0 Å². The van der Waals surface area contributed by atoms with E-state index in [0.29, 0.717) is 17.4 Å². The lowest BCUT2D eigenvalue weighted by Gasteiger charge is -2.58. The average Bonchev–Trinajstić information content (AvgIpc) is 3.28. The highest BCUT2D eigenvalue weighted by Crippen LogP contribution is 2.67. The smallest absolute Gasteiger partial charge is 0.302 e. The number of rotatable bonds is 2. The fourth-order valence-electron chi connectivity index (χ4n) is 9.21. The number of benzene rings is 1. The highest BCUT2D eigenvalue weighted by atomic mass is 16.5. The average molecular weight is 461 g/mol. The van der Waals surface area contributed by atoms with E-state index in [0.717, 1.165) is 37.0 Å². The molecule has 4 nitrogen and oxygen atoms in total. The van der Waals surface area contributed by atoms with E-state index in [1.165, 1.54) is 42.6 Å². The quantitative estimate of drug-likeness (QED) is 0.365. The van der Waals surface area contributed by atoms with Crippen molar-refractivity contribution in [1.29, 1.82) is 0 Å². The van der Waals surface area contributed by atoms with E-state index in [1.807, 2.05) is 0 Å². The Hall–Kier alpha value is -2.10. The summed E-state index contributed by atoms with van der Waals surface area (Å²) in [5, 5.41) is 7.62. The van der Waals surface area contributed by atoms with E-state index in [-0.39, 0.29) is 17.5 Å². The maximum atomic E-state index is 11.5. The number of carbonyl (C=O) groups excluding carboxylic acids is 1. The number of hydrazone groups is 1. The van der Waals surface area contributed by atoms with Crippen LogP contribution in [-0.4, -0.2) is 23.8 Å². The van der Waals surface area contributed by atoms with Gasteiger partial charge >= 0.3 is 5.97 Å². The molecule has 3 saturated carbocycles. The first-order chi connectivity index (χ1) is 16.2. The van der Waals surface area contributed by atoms with Gasteiger partial charge in [0, 0.05) is 25.0 Å². The second kappa shape index (κ2) is 7.70. The Balaban J connectivity index is 1.28. The second-order valence-electron chi connectivity index (χ2n) is 12.4. The molecule has 0 bridgehead atoms. The van der Waals surface area contributed by atoms with Crippen LogP contribution in [0.5, 0.6) is 0 Å². The molecule has 0 radical (unpaired) electrons. The lowest BCUT2D eigenvalue weighted by Crippen LogP contribution is -2.52. The number of carbonyl (C=O) groups is 1. The summed E-state index contributed by atoms with van der Waals surface area (Å²) in [7, 11) is 0. The molecular weight excluding hydrogens is 420 g/mol. The van der Waals surface area contributed by atoms with Gasteiger partial charge in [-0.1, -0.05) is 43.7 Å². The molecule has 0 saturated heterocycles. The third-order valence-corrected chi connectivity index (χ3v) is 10.8. The molecule has 8 atom stereocenters. The topological polar surface area (TPSA) is 41.9 Å². The standard InChI is InChI=1S/C30H40N2O2/c1-18-8-6-7-9-27(18)32-19(2)28-26(31-32)17-25-23-11-10-21-16-22(34-20(3)33)12-14-29(21,4)24(23)13-15-30(25,28)5/h6-10,19,22-25,28H,11-17H2,1-5H3/t19-,22-,23+,24-,25-,28-,29-,30-/m0/s1. The SMILES string of the molecule is CC(=O)O[C@H]1CC[C@@]2(C)C(=CC[C@H]3[C@@H]4CC5=NN(c6ccccc6C)[C@@H](C)[C@@H]5[C@@]4(C)CC[C@@H]32)C1. The summed E-state index contributed by atoms with van der Waals surface area (Å²) < 4.78 is 5.62. The van der Waals surface area contributed by atoms with Gasteiger partial charge in [0.1, 0.15) is 6.10 Å². The zero-order chi connectivity index (χ0) is 23.8. The molecule has 4 heteroatoms. The Morgan fingerprint density at radius 2 is 1.91 bits per heavy atom. The van der Waals surface area contributed by atoms with Crippen LogP contribution in [0.2, 0.25) is 0 Å². The number of esters is 1. The molecule has 182 valence electrons. The summed E-state index contributed by atoms with van der Waals surface area (Å²) >= 11 is 0. The molecule has 3 fully saturated rings. The van der Waals surface area contributed by atoms with Crippen molar-refractivity contribution >= 4 is 17.4 Å². The molecular formula is C30H40N2O2. The first-order valence-electron chi connectivity index (χ1n) is 13.5. The van der Waals surface area contributed by atoms with Gasteiger partial charge in [-0.05, 0) is 92.6 Å². The predicted octanol–water partition coefficient (Wildman–Crippen LogP) is 6.68. The summed E-state index contributed by atoms with van der Waals surface area (Å²) in [6.45, 7) is 11.3. The number of hydrogen-bond acceptors (Lipinski definition) is 4. The number of hydrogen-bond donors (Lipinski definition) is 0. The van der Waals surface area contributed by atoms with Crippen LogP contribution in [0.1, 0.15) is 78.2 Å². The normalized spacial score (nSPS) is 42.7. The molecule has 1 aromatic rings. The van der Waals surface area contributed by atoms with Crippen molar-refractivity contribution in [3.05, 3.63) is 41.5 Å². The second-order valence-corrected chi connectivity index (χ2v) is 12.4. The summed E-state index contributed by atoms with van der Waals surface area (Å²) in [5.74, 6) is 2.67. The van der Waals surface area contributed by atoms with E-state index >= 15 is 0 Å². The Kier molecular flexibility index (Phi) is 5.07. The van der Waals surface area contributed by atoms with Crippen LogP contribution >= 0.6 is 0 Å². The Labute approximate surface area is 204 Å². The van der Waals surface area contributed by atoms with E-state index < -0.39 is 0 Å². The molecule has 6 rings (SSSR count). The van der Waals surface area contributed by atoms with E-state index in [2.05, 4.69) is 63.0 Å². The minimum atomic E-state index is -0.136. The van der Waals surface area contributed by atoms with Gasteiger partial charge in [-0.25, -0.2) is 0 Å². The van der Waals surface area contributed by atoms with Gasteiger partial charge in [-0.3, -0.25) is 9.80 Å². The third-order valence-electron chi connectivity index (χ3n) is 10.8. The van der Waals surface area contributed by atoms with Crippen molar-refractivity contribution in [3.63, 3.8) is 0 Å². The van der Waals surface area contributed by atoms with Crippen LogP contribution in [0, 0.1) is 41.4 Å². The number of aryl methyl sites for hydroxylation is 1.